The second kappa shape index (κ2) is 8.23. The fourth-order valence-electron chi connectivity index (χ4n) is 3.31. The Morgan fingerprint density at radius 2 is 1.91 bits per heavy atom. The quantitative estimate of drug-likeness (QED) is 0.872. The third-order valence-electron chi connectivity index (χ3n) is 4.88. The molecule has 4 heteroatoms. The highest BCUT2D eigenvalue weighted by atomic mass is 16.5. The highest BCUT2D eigenvalue weighted by Crippen LogP contribution is 2.29. The zero-order chi connectivity index (χ0) is 16.8. The zero-order valence-corrected chi connectivity index (χ0v) is 14.7. The van der Waals surface area contributed by atoms with Gasteiger partial charge in [0.1, 0.15) is 0 Å². The molecule has 1 amide bonds. The first-order chi connectivity index (χ1) is 11.0. The minimum atomic E-state index is -0.0535. The summed E-state index contributed by atoms with van der Waals surface area (Å²) < 4.78 is 10.6. The van der Waals surface area contributed by atoms with Gasteiger partial charge in [-0.15, -0.1) is 0 Å². The molecular weight excluding hydrogens is 290 g/mol. The number of hydrogen-bond acceptors (Lipinski definition) is 3. The van der Waals surface area contributed by atoms with Crippen LogP contribution >= 0.6 is 0 Å². The van der Waals surface area contributed by atoms with Crippen molar-refractivity contribution in [1.82, 2.24) is 5.32 Å². The minimum absolute atomic E-state index is 0.0535. The molecular formula is C19H29NO3. The van der Waals surface area contributed by atoms with E-state index in [1.54, 1.807) is 14.2 Å². The number of amides is 1. The molecule has 1 aromatic rings. The number of carbonyl (C=O) groups excluding carboxylic acids is 1. The van der Waals surface area contributed by atoms with Crippen molar-refractivity contribution >= 4 is 5.91 Å². The number of benzene rings is 1. The van der Waals surface area contributed by atoms with Crippen LogP contribution in [0.1, 0.15) is 45.1 Å². The average molecular weight is 319 g/mol. The Balaban J connectivity index is 1.95. The number of methoxy groups -OCH3 is 2. The van der Waals surface area contributed by atoms with Crippen molar-refractivity contribution in [2.24, 2.45) is 11.8 Å². The predicted molar refractivity (Wildman–Crippen MR) is 92.0 cm³/mol. The van der Waals surface area contributed by atoms with Gasteiger partial charge in [0.25, 0.3) is 0 Å². The van der Waals surface area contributed by atoms with E-state index in [2.05, 4.69) is 12.2 Å². The largest absolute Gasteiger partial charge is 0.493 e. The van der Waals surface area contributed by atoms with E-state index in [-0.39, 0.29) is 11.8 Å². The molecule has 0 heterocycles. The molecule has 0 radical (unpaired) electrons. The van der Waals surface area contributed by atoms with E-state index in [0.717, 1.165) is 12.0 Å². The maximum atomic E-state index is 12.5. The molecule has 1 aliphatic carbocycles. The van der Waals surface area contributed by atoms with E-state index in [1.165, 1.54) is 19.3 Å². The van der Waals surface area contributed by atoms with E-state index in [0.29, 0.717) is 29.9 Å². The summed E-state index contributed by atoms with van der Waals surface area (Å²) in [6, 6.07) is 6.17. The van der Waals surface area contributed by atoms with Gasteiger partial charge in [-0.3, -0.25) is 4.79 Å². The van der Waals surface area contributed by atoms with Crippen molar-refractivity contribution < 1.29 is 14.3 Å². The van der Waals surface area contributed by atoms with Crippen molar-refractivity contribution in [3.8, 4) is 11.5 Å². The molecule has 0 aliphatic heterocycles. The van der Waals surface area contributed by atoms with Crippen LogP contribution in [0.25, 0.3) is 0 Å². The fraction of sp³-hybridized carbons (Fsp3) is 0.632. The van der Waals surface area contributed by atoms with Crippen LogP contribution in [0, 0.1) is 11.8 Å². The summed E-state index contributed by atoms with van der Waals surface area (Å²) >= 11 is 0. The maximum Gasteiger partial charge on any atom is 0.223 e. The van der Waals surface area contributed by atoms with Crippen LogP contribution in [0.3, 0.4) is 0 Å². The molecule has 1 N–H and O–H groups in total. The number of ether oxygens (including phenoxy) is 2. The molecule has 128 valence electrons. The molecule has 3 atom stereocenters. The van der Waals surface area contributed by atoms with Gasteiger partial charge in [-0.2, -0.15) is 0 Å². The van der Waals surface area contributed by atoms with Gasteiger partial charge in [-0.25, -0.2) is 0 Å². The Hall–Kier alpha value is -1.71. The maximum absolute atomic E-state index is 12.5. The highest BCUT2D eigenvalue weighted by Gasteiger charge is 2.25. The van der Waals surface area contributed by atoms with Crippen molar-refractivity contribution in [2.75, 3.05) is 14.2 Å². The molecule has 23 heavy (non-hydrogen) atoms. The van der Waals surface area contributed by atoms with Gasteiger partial charge in [0.05, 0.1) is 14.2 Å². The summed E-state index contributed by atoms with van der Waals surface area (Å²) in [5, 5.41) is 3.24. The van der Waals surface area contributed by atoms with E-state index < -0.39 is 0 Å². The monoisotopic (exact) mass is 319 g/mol. The van der Waals surface area contributed by atoms with Crippen LogP contribution in [0.2, 0.25) is 0 Å². The minimum Gasteiger partial charge on any atom is -0.493 e. The Kier molecular flexibility index (Phi) is 6.31. The standard InChI is InChI=1S/C19H29NO3/c1-13-7-5-6-8-16(13)20-19(21)14(2)11-15-9-10-17(22-3)18(12-15)23-4/h9-10,12-14,16H,5-8,11H2,1-4H3,(H,20,21). The first-order valence-corrected chi connectivity index (χ1v) is 8.56. The SMILES string of the molecule is COc1ccc(CC(C)C(=O)NC2CCCCC2C)cc1OC. The summed E-state index contributed by atoms with van der Waals surface area (Å²) in [5.74, 6) is 2.10. The zero-order valence-electron chi connectivity index (χ0n) is 14.7. The molecule has 0 aromatic heterocycles. The molecule has 1 saturated carbocycles. The Morgan fingerprint density at radius 1 is 1.22 bits per heavy atom. The molecule has 1 fully saturated rings. The predicted octanol–water partition coefficient (Wildman–Crippen LogP) is 3.58. The number of hydrogen-bond donors (Lipinski definition) is 1. The van der Waals surface area contributed by atoms with E-state index >= 15 is 0 Å². The molecule has 1 aromatic carbocycles. The van der Waals surface area contributed by atoms with Gasteiger partial charge < -0.3 is 14.8 Å². The van der Waals surface area contributed by atoms with Gasteiger partial charge in [0.15, 0.2) is 11.5 Å². The van der Waals surface area contributed by atoms with Crippen molar-refractivity contribution in [3.05, 3.63) is 23.8 Å². The van der Waals surface area contributed by atoms with E-state index in [1.807, 2.05) is 25.1 Å². The molecule has 0 bridgehead atoms. The highest BCUT2D eigenvalue weighted by molar-refractivity contribution is 5.79. The van der Waals surface area contributed by atoms with Crippen LogP contribution in [0.15, 0.2) is 18.2 Å². The lowest BCUT2D eigenvalue weighted by molar-refractivity contribution is -0.125. The number of nitrogens with one attached hydrogen (secondary N) is 1. The van der Waals surface area contributed by atoms with Gasteiger partial charge >= 0.3 is 0 Å². The van der Waals surface area contributed by atoms with Gasteiger partial charge in [0.2, 0.25) is 5.91 Å². The summed E-state index contributed by atoms with van der Waals surface area (Å²) in [7, 11) is 3.25. The summed E-state index contributed by atoms with van der Waals surface area (Å²) in [4.78, 5) is 12.5. The van der Waals surface area contributed by atoms with Crippen molar-refractivity contribution in [2.45, 2.75) is 52.0 Å². The molecule has 1 aliphatic rings. The van der Waals surface area contributed by atoms with Crippen molar-refractivity contribution in [3.63, 3.8) is 0 Å². The van der Waals surface area contributed by atoms with Crippen LogP contribution in [0.4, 0.5) is 0 Å². The second-order valence-electron chi connectivity index (χ2n) is 6.67. The van der Waals surface area contributed by atoms with Crippen LogP contribution in [-0.2, 0) is 11.2 Å². The summed E-state index contributed by atoms with van der Waals surface area (Å²) in [5.41, 5.74) is 1.09. The molecule has 4 nitrogen and oxygen atoms in total. The number of carbonyl (C=O) groups is 1. The average Bonchev–Trinajstić information content (AvgIpc) is 2.56. The lowest BCUT2D eigenvalue weighted by Crippen LogP contribution is -2.43. The first kappa shape index (κ1) is 17.6. The second-order valence-corrected chi connectivity index (χ2v) is 6.67. The normalized spacial score (nSPS) is 22.3. The van der Waals surface area contributed by atoms with Crippen LogP contribution < -0.4 is 14.8 Å². The summed E-state index contributed by atoms with van der Waals surface area (Å²) in [6.45, 7) is 4.22. The van der Waals surface area contributed by atoms with E-state index in [9.17, 15) is 4.79 Å². The Morgan fingerprint density at radius 3 is 2.57 bits per heavy atom. The van der Waals surface area contributed by atoms with Gasteiger partial charge in [0, 0.05) is 12.0 Å². The van der Waals surface area contributed by atoms with Gasteiger partial charge in [-0.05, 0) is 42.9 Å². The molecule has 0 saturated heterocycles. The van der Waals surface area contributed by atoms with Crippen LogP contribution in [0.5, 0.6) is 11.5 Å². The number of rotatable bonds is 6. The Labute approximate surface area is 139 Å². The van der Waals surface area contributed by atoms with Crippen molar-refractivity contribution in [1.29, 1.82) is 0 Å². The topological polar surface area (TPSA) is 47.6 Å². The smallest absolute Gasteiger partial charge is 0.223 e. The van der Waals surface area contributed by atoms with Crippen LogP contribution in [-0.4, -0.2) is 26.2 Å². The lowest BCUT2D eigenvalue weighted by atomic mass is 9.85. The first-order valence-electron chi connectivity index (χ1n) is 8.56. The molecule has 3 unspecified atom stereocenters. The van der Waals surface area contributed by atoms with E-state index in [4.69, 9.17) is 9.47 Å². The fourth-order valence-corrected chi connectivity index (χ4v) is 3.31. The Bertz CT molecular complexity index is 529. The lowest BCUT2D eigenvalue weighted by Gasteiger charge is -2.30. The summed E-state index contributed by atoms with van der Waals surface area (Å²) in [6.07, 6.45) is 5.53. The molecule has 0 spiro atoms. The third kappa shape index (κ3) is 4.63. The third-order valence-corrected chi connectivity index (χ3v) is 4.88. The van der Waals surface area contributed by atoms with Gasteiger partial charge in [-0.1, -0.05) is 32.8 Å². The molecule has 2 rings (SSSR count).